The van der Waals surface area contributed by atoms with E-state index in [1.807, 2.05) is 12.1 Å². The van der Waals surface area contributed by atoms with Crippen LogP contribution in [0.5, 0.6) is 0 Å². The van der Waals surface area contributed by atoms with Gasteiger partial charge in [-0.1, -0.05) is 25.4 Å². The van der Waals surface area contributed by atoms with E-state index in [1.165, 1.54) is 6.42 Å². The molecule has 0 bridgehead atoms. The van der Waals surface area contributed by atoms with Crippen molar-refractivity contribution >= 4 is 23.0 Å². The third-order valence-electron chi connectivity index (χ3n) is 3.42. The smallest absolute Gasteiger partial charge is 0.0577 e. The van der Waals surface area contributed by atoms with Crippen LogP contribution in [0.4, 0.5) is 11.4 Å². The Balaban J connectivity index is 2.36. The molecule has 0 aromatic heterocycles. The van der Waals surface area contributed by atoms with Crippen LogP contribution in [-0.4, -0.2) is 30.6 Å². The highest BCUT2D eigenvalue weighted by Gasteiger charge is 2.06. The molecule has 0 aliphatic rings. The van der Waals surface area contributed by atoms with Crippen molar-refractivity contribution < 1.29 is 0 Å². The molecule has 0 saturated heterocycles. The number of nitrogens with two attached hydrogens (primary N) is 1. The Morgan fingerprint density at radius 1 is 1.32 bits per heavy atom. The zero-order chi connectivity index (χ0) is 14.3. The number of hydrogen-bond donors (Lipinski definition) is 2. The Morgan fingerprint density at radius 2 is 2.00 bits per heavy atom. The van der Waals surface area contributed by atoms with E-state index in [2.05, 4.69) is 31.0 Å². The largest absolute Gasteiger partial charge is 0.397 e. The van der Waals surface area contributed by atoms with Gasteiger partial charge < -0.3 is 16.0 Å². The van der Waals surface area contributed by atoms with Crippen molar-refractivity contribution in [3.63, 3.8) is 0 Å². The third kappa shape index (κ3) is 5.70. The number of hydrogen-bond acceptors (Lipinski definition) is 3. The van der Waals surface area contributed by atoms with Gasteiger partial charge in [0.1, 0.15) is 0 Å². The molecule has 0 amide bonds. The van der Waals surface area contributed by atoms with Gasteiger partial charge in [-0.3, -0.25) is 0 Å². The topological polar surface area (TPSA) is 41.3 Å². The first-order valence-electron chi connectivity index (χ1n) is 7.10. The number of nitrogens with zero attached hydrogens (tertiary/aromatic N) is 1. The second-order valence-electron chi connectivity index (χ2n) is 4.95. The predicted molar refractivity (Wildman–Crippen MR) is 86.0 cm³/mol. The van der Waals surface area contributed by atoms with Crippen molar-refractivity contribution in [1.29, 1.82) is 0 Å². The number of rotatable bonds is 8. The van der Waals surface area contributed by atoms with Crippen LogP contribution >= 0.6 is 11.6 Å². The molecule has 3 nitrogen and oxygen atoms in total. The Hall–Kier alpha value is -0.930. The van der Waals surface area contributed by atoms with Crippen molar-refractivity contribution in [1.82, 2.24) is 4.90 Å². The summed E-state index contributed by atoms with van der Waals surface area (Å²) in [6.45, 7) is 10.0. The summed E-state index contributed by atoms with van der Waals surface area (Å²) in [5.74, 6) is 0. The zero-order valence-corrected chi connectivity index (χ0v) is 13.0. The van der Waals surface area contributed by atoms with E-state index >= 15 is 0 Å². The van der Waals surface area contributed by atoms with Gasteiger partial charge in [0.05, 0.1) is 11.4 Å². The van der Waals surface area contributed by atoms with Crippen LogP contribution in [0.3, 0.4) is 0 Å². The van der Waals surface area contributed by atoms with E-state index in [-0.39, 0.29) is 0 Å². The van der Waals surface area contributed by atoms with Crippen LogP contribution in [0.2, 0.25) is 5.02 Å². The highest BCUT2D eigenvalue weighted by atomic mass is 35.5. The van der Waals surface area contributed by atoms with E-state index in [4.69, 9.17) is 17.3 Å². The quantitative estimate of drug-likeness (QED) is 0.712. The number of benzene rings is 1. The fraction of sp³-hybridized carbons (Fsp3) is 0.600. The fourth-order valence-corrected chi connectivity index (χ4v) is 2.34. The maximum Gasteiger partial charge on any atom is 0.0577 e. The van der Waals surface area contributed by atoms with Crippen LogP contribution in [-0.2, 0) is 0 Å². The lowest BCUT2D eigenvalue weighted by molar-refractivity contribution is 0.295. The van der Waals surface area contributed by atoms with Gasteiger partial charge >= 0.3 is 0 Å². The van der Waals surface area contributed by atoms with Crippen molar-refractivity contribution in [2.75, 3.05) is 30.7 Å². The average Bonchev–Trinajstić information content (AvgIpc) is 2.38. The van der Waals surface area contributed by atoms with Crippen molar-refractivity contribution in [2.24, 2.45) is 0 Å². The minimum absolute atomic E-state index is 0.416. The lowest BCUT2D eigenvalue weighted by atomic mass is 10.1. The number of halogens is 1. The Morgan fingerprint density at radius 3 is 2.58 bits per heavy atom. The summed E-state index contributed by atoms with van der Waals surface area (Å²) in [5, 5.41) is 4.12. The van der Waals surface area contributed by atoms with Crippen LogP contribution in [0, 0.1) is 0 Å². The van der Waals surface area contributed by atoms with Crippen LogP contribution in [0.1, 0.15) is 33.6 Å². The van der Waals surface area contributed by atoms with Crippen LogP contribution in [0.25, 0.3) is 0 Å². The first kappa shape index (κ1) is 16.1. The molecular formula is C15H26ClN3. The van der Waals surface area contributed by atoms with E-state index in [0.29, 0.717) is 16.8 Å². The highest BCUT2D eigenvalue weighted by molar-refractivity contribution is 6.31. The molecule has 1 unspecified atom stereocenters. The fourth-order valence-electron chi connectivity index (χ4n) is 2.16. The molecule has 1 rings (SSSR count). The minimum Gasteiger partial charge on any atom is -0.397 e. The molecule has 0 saturated carbocycles. The first-order valence-corrected chi connectivity index (χ1v) is 7.48. The first-order chi connectivity index (χ1) is 9.06. The summed E-state index contributed by atoms with van der Waals surface area (Å²) < 4.78 is 0. The monoisotopic (exact) mass is 283 g/mol. The molecule has 1 aromatic carbocycles. The summed E-state index contributed by atoms with van der Waals surface area (Å²) in [6.07, 6.45) is 2.34. The molecule has 19 heavy (non-hydrogen) atoms. The second-order valence-corrected chi connectivity index (χ2v) is 5.38. The lowest BCUT2D eigenvalue weighted by Crippen LogP contribution is -2.25. The molecule has 1 atom stereocenters. The molecule has 0 aliphatic heterocycles. The summed E-state index contributed by atoms with van der Waals surface area (Å²) in [4.78, 5) is 2.45. The molecule has 0 aliphatic carbocycles. The Kier molecular flexibility index (Phi) is 7.03. The van der Waals surface area contributed by atoms with E-state index in [0.717, 1.165) is 31.7 Å². The van der Waals surface area contributed by atoms with Crippen molar-refractivity contribution in [3.8, 4) is 0 Å². The lowest BCUT2D eigenvalue weighted by Gasteiger charge is -2.20. The summed E-state index contributed by atoms with van der Waals surface area (Å²) in [7, 11) is 0. The summed E-state index contributed by atoms with van der Waals surface area (Å²) in [5.41, 5.74) is 7.62. The van der Waals surface area contributed by atoms with Gasteiger partial charge in [0.2, 0.25) is 0 Å². The van der Waals surface area contributed by atoms with Gasteiger partial charge in [-0.2, -0.15) is 0 Å². The average molecular weight is 284 g/mol. The second kappa shape index (κ2) is 8.28. The molecule has 0 spiro atoms. The van der Waals surface area contributed by atoms with E-state index < -0.39 is 0 Å². The van der Waals surface area contributed by atoms with E-state index in [9.17, 15) is 0 Å². The molecule has 0 fully saturated rings. The van der Waals surface area contributed by atoms with E-state index in [1.54, 1.807) is 6.07 Å². The third-order valence-corrected chi connectivity index (χ3v) is 3.66. The number of anilines is 2. The van der Waals surface area contributed by atoms with Gasteiger partial charge in [-0.15, -0.1) is 0 Å². The van der Waals surface area contributed by atoms with Gasteiger partial charge in [0.15, 0.2) is 0 Å². The van der Waals surface area contributed by atoms with Gasteiger partial charge in [0, 0.05) is 11.1 Å². The van der Waals surface area contributed by atoms with Crippen LogP contribution < -0.4 is 11.1 Å². The van der Waals surface area contributed by atoms with Crippen molar-refractivity contribution in [2.45, 2.75) is 39.7 Å². The van der Waals surface area contributed by atoms with Gasteiger partial charge in [0.25, 0.3) is 0 Å². The highest BCUT2D eigenvalue weighted by Crippen LogP contribution is 2.23. The maximum absolute atomic E-state index is 5.93. The summed E-state index contributed by atoms with van der Waals surface area (Å²) >= 11 is 5.89. The molecule has 0 heterocycles. The van der Waals surface area contributed by atoms with Gasteiger partial charge in [-0.25, -0.2) is 0 Å². The SMILES string of the molecule is CCN(CC)CCCC(C)Nc1ccc(Cl)cc1N. The molecule has 4 heteroatoms. The molecule has 3 N–H and O–H groups in total. The number of nitrogens with one attached hydrogen (secondary N) is 1. The Bertz CT molecular complexity index is 378. The molecule has 0 radical (unpaired) electrons. The summed E-state index contributed by atoms with van der Waals surface area (Å²) in [6, 6.07) is 6.01. The molecular weight excluding hydrogens is 258 g/mol. The van der Waals surface area contributed by atoms with Gasteiger partial charge in [-0.05, 0) is 57.6 Å². The Labute approximate surface area is 122 Å². The predicted octanol–water partition coefficient (Wildman–Crippen LogP) is 3.84. The number of nitrogen functional groups attached to an aromatic ring is 1. The zero-order valence-electron chi connectivity index (χ0n) is 12.2. The van der Waals surface area contributed by atoms with Crippen LogP contribution in [0.15, 0.2) is 18.2 Å². The molecule has 108 valence electrons. The van der Waals surface area contributed by atoms with Crippen molar-refractivity contribution in [3.05, 3.63) is 23.2 Å². The minimum atomic E-state index is 0.416. The molecule has 1 aromatic rings. The standard InChI is InChI=1S/C15H26ClN3/c1-4-19(5-2)10-6-7-12(3)18-15-9-8-13(16)11-14(15)17/h8-9,11-12,18H,4-7,10,17H2,1-3H3. The normalized spacial score (nSPS) is 12.7. The maximum atomic E-state index is 5.93.